The second-order valence-electron chi connectivity index (χ2n) is 3.42. The molecule has 0 aliphatic rings. The second kappa shape index (κ2) is 5.75. The summed E-state index contributed by atoms with van der Waals surface area (Å²) in [5.74, 6) is 0.416. The molecule has 0 saturated heterocycles. The summed E-state index contributed by atoms with van der Waals surface area (Å²) in [4.78, 5) is 8.01. The highest BCUT2D eigenvalue weighted by molar-refractivity contribution is 9.10. The average Bonchev–Trinajstić information content (AvgIpc) is 2.38. The highest BCUT2D eigenvalue weighted by Crippen LogP contribution is 2.13. The SMILES string of the molecule is OCc1cncc(OCc2ccc(Br)cc2)n1. The molecule has 1 heterocycles. The maximum Gasteiger partial charge on any atom is 0.232 e. The number of nitrogens with zero attached hydrogens (tertiary/aromatic N) is 2. The van der Waals surface area contributed by atoms with E-state index in [9.17, 15) is 0 Å². The maximum atomic E-state index is 8.91. The zero-order valence-corrected chi connectivity index (χ0v) is 10.6. The number of aromatic nitrogens is 2. The van der Waals surface area contributed by atoms with Crippen LogP contribution in [0.5, 0.6) is 5.88 Å². The van der Waals surface area contributed by atoms with Crippen molar-refractivity contribution < 1.29 is 9.84 Å². The minimum Gasteiger partial charge on any atom is -0.472 e. The fraction of sp³-hybridized carbons (Fsp3) is 0.167. The Morgan fingerprint density at radius 1 is 1.18 bits per heavy atom. The van der Waals surface area contributed by atoms with E-state index in [1.807, 2.05) is 24.3 Å². The van der Waals surface area contributed by atoms with Crippen LogP contribution < -0.4 is 4.74 Å². The smallest absolute Gasteiger partial charge is 0.232 e. The third kappa shape index (κ3) is 3.51. The van der Waals surface area contributed by atoms with E-state index in [4.69, 9.17) is 9.84 Å². The lowest BCUT2D eigenvalue weighted by Gasteiger charge is -2.05. The molecule has 1 aromatic heterocycles. The van der Waals surface area contributed by atoms with E-state index in [0.29, 0.717) is 18.2 Å². The molecule has 0 fully saturated rings. The van der Waals surface area contributed by atoms with Crippen molar-refractivity contribution in [3.05, 3.63) is 52.4 Å². The van der Waals surface area contributed by atoms with Crippen molar-refractivity contribution in [2.24, 2.45) is 0 Å². The number of aliphatic hydroxyl groups is 1. The minimum absolute atomic E-state index is 0.136. The molecule has 4 nitrogen and oxygen atoms in total. The predicted octanol–water partition coefficient (Wildman–Crippen LogP) is 2.31. The molecule has 2 rings (SSSR count). The molecule has 0 radical (unpaired) electrons. The second-order valence-corrected chi connectivity index (χ2v) is 4.34. The Hall–Kier alpha value is -1.46. The molecule has 0 aliphatic carbocycles. The lowest BCUT2D eigenvalue weighted by molar-refractivity contribution is 0.264. The van der Waals surface area contributed by atoms with Crippen LogP contribution in [0.4, 0.5) is 0 Å². The summed E-state index contributed by atoms with van der Waals surface area (Å²) in [5.41, 5.74) is 1.54. The third-order valence-electron chi connectivity index (χ3n) is 2.12. The van der Waals surface area contributed by atoms with Gasteiger partial charge in [-0.3, -0.25) is 4.98 Å². The Balaban J connectivity index is 1.99. The van der Waals surface area contributed by atoms with Gasteiger partial charge in [-0.15, -0.1) is 0 Å². The number of hydrogen-bond acceptors (Lipinski definition) is 4. The van der Waals surface area contributed by atoms with Crippen molar-refractivity contribution in [1.29, 1.82) is 0 Å². The van der Waals surface area contributed by atoms with Crippen LogP contribution >= 0.6 is 15.9 Å². The van der Waals surface area contributed by atoms with Crippen LogP contribution in [0.2, 0.25) is 0 Å². The fourth-order valence-electron chi connectivity index (χ4n) is 1.27. The van der Waals surface area contributed by atoms with Crippen LogP contribution in [0, 0.1) is 0 Å². The molecule has 0 unspecified atom stereocenters. The summed E-state index contributed by atoms with van der Waals surface area (Å²) < 4.78 is 6.51. The lowest BCUT2D eigenvalue weighted by atomic mass is 10.2. The van der Waals surface area contributed by atoms with Crippen LogP contribution in [0.25, 0.3) is 0 Å². The van der Waals surface area contributed by atoms with Crippen molar-refractivity contribution in [3.8, 4) is 5.88 Å². The summed E-state index contributed by atoms with van der Waals surface area (Å²) >= 11 is 3.37. The van der Waals surface area contributed by atoms with E-state index >= 15 is 0 Å². The van der Waals surface area contributed by atoms with Gasteiger partial charge in [-0.2, -0.15) is 0 Å². The number of halogens is 1. The van der Waals surface area contributed by atoms with Crippen LogP contribution in [0.3, 0.4) is 0 Å². The molecule has 0 aliphatic heterocycles. The zero-order chi connectivity index (χ0) is 12.1. The van der Waals surface area contributed by atoms with Gasteiger partial charge in [-0.25, -0.2) is 4.98 Å². The zero-order valence-electron chi connectivity index (χ0n) is 9.01. The van der Waals surface area contributed by atoms with Gasteiger partial charge in [0.15, 0.2) is 0 Å². The van der Waals surface area contributed by atoms with Gasteiger partial charge in [0.1, 0.15) is 6.61 Å². The van der Waals surface area contributed by atoms with Crippen LogP contribution in [-0.2, 0) is 13.2 Å². The summed E-state index contributed by atoms with van der Waals surface area (Å²) in [6.45, 7) is 0.291. The lowest BCUT2D eigenvalue weighted by Crippen LogP contribution is -2.00. The molecule has 1 aromatic carbocycles. The number of aliphatic hydroxyl groups excluding tert-OH is 1. The van der Waals surface area contributed by atoms with Crippen LogP contribution in [0.15, 0.2) is 41.1 Å². The van der Waals surface area contributed by atoms with Gasteiger partial charge in [0.05, 0.1) is 24.7 Å². The number of hydrogen-bond donors (Lipinski definition) is 1. The fourth-order valence-corrected chi connectivity index (χ4v) is 1.53. The van der Waals surface area contributed by atoms with E-state index in [1.54, 1.807) is 0 Å². The molecule has 1 N–H and O–H groups in total. The Morgan fingerprint density at radius 3 is 2.65 bits per heavy atom. The van der Waals surface area contributed by atoms with E-state index in [2.05, 4.69) is 25.9 Å². The number of rotatable bonds is 4. The van der Waals surface area contributed by atoms with Crippen molar-refractivity contribution in [3.63, 3.8) is 0 Å². The van der Waals surface area contributed by atoms with Gasteiger partial charge < -0.3 is 9.84 Å². The van der Waals surface area contributed by atoms with E-state index < -0.39 is 0 Å². The molecule has 88 valence electrons. The highest BCUT2D eigenvalue weighted by Gasteiger charge is 2.00. The Bertz CT molecular complexity index is 488. The molecule has 0 bridgehead atoms. The number of ether oxygens (including phenoxy) is 1. The van der Waals surface area contributed by atoms with Gasteiger partial charge >= 0.3 is 0 Å². The van der Waals surface area contributed by atoms with Gasteiger partial charge in [0.2, 0.25) is 5.88 Å². The van der Waals surface area contributed by atoms with Crippen molar-refractivity contribution in [1.82, 2.24) is 9.97 Å². The molecule has 0 amide bonds. The predicted molar refractivity (Wildman–Crippen MR) is 66.4 cm³/mol. The first-order valence-corrected chi connectivity index (χ1v) is 5.86. The molecule has 0 saturated carbocycles. The first kappa shape index (κ1) is 12.0. The molecule has 0 atom stereocenters. The van der Waals surface area contributed by atoms with Crippen molar-refractivity contribution in [2.45, 2.75) is 13.2 Å². The highest BCUT2D eigenvalue weighted by atomic mass is 79.9. The molecule has 17 heavy (non-hydrogen) atoms. The Morgan fingerprint density at radius 2 is 1.94 bits per heavy atom. The molecule has 5 heteroatoms. The quantitative estimate of drug-likeness (QED) is 0.940. The molecular formula is C12H11BrN2O2. The summed E-state index contributed by atoms with van der Waals surface area (Å²) in [6.07, 6.45) is 3.03. The molecule has 2 aromatic rings. The average molecular weight is 295 g/mol. The van der Waals surface area contributed by atoms with Crippen LogP contribution in [-0.4, -0.2) is 15.1 Å². The van der Waals surface area contributed by atoms with Crippen molar-refractivity contribution >= 4 is 15.9 Å². The Kier molecular flexibility index (Phi) is 4.06. The third-order valence-corrected chi connectivity index (χ3v) is 2.65. The van der Waals surface area contributed by atoms with Gasteiger partial charge in [-0.1, -0.05) is 28.1 Å². The number of benzene rings is 1. The Labute approximate surface area is 107 Å². The largest absolute Gasteiger partial charge is 0.472 e. The topological polar surface area (TPSA) is 55.2 Å². The first-order valence-electron chi connectivity index (χ1n) is 5.07. The first-order chi connectivity index (χ1) is 8.28. The molecular weight excluding hydrogens is 284 g/mol. The van der Waals surface area contributed by atoms with Gasteiger partial charge in [0, 0.05) is 4.47 Å². The monoisotopic (exact) mass is 294 g/mol. The maximum absolute atomic E-state index is 8.91. The molecule has 0 spiro atoms. The van der Waals surface area contributed by atoms with Gasteiger partial charge in [-0.05, 0) is 17.7 Å². The normalized spacial score (nSPS) is 10.2. The minimum atomic E-state index is -0.136. The van der Waals surface area contributed by atoms with Crippen LogP contribution in [0.1, 0.15) is 11.3 Å². The van der Waals surface area contributed by atoms with E-state index in [0.717, 1.165) is 10.0 Å². The van der Waals surface area contributed by atoms with E-state index in [1.165, 1.54) is 12.4 Å². The summed E-state index contributed by atoms with van der Waals surface area (Å²) in [5, 5.41) is 8.91. The van der Waals surface area contributed by atoms with E-state index in [-0.39, 0.29) is 6.61 Å². The summed E-state index contributed by atoms with van der Waals surface area (Å²) in [7, 11) is 0. The van der Waals surface area contributed by atoms with Gasteiger partial charge in [0.25, 0.3) is 0 Å². The van der Waals surface area contributed by atoms with Crippen molar-refractivity contribution in [2.75, 3.05) is 0 Å². The standard InChI is InChI=1S/C12H11BrN2O2/c13-10-3-1-9(2-4-10)8-17-12-6-14-5-11(7-16)15-12/h1-6,16H,7-8H2. The summed E-state index contributed by atoms with van der Waals surface area (Å²) in [6, 6.07) is 7.84.